The van der Waals surface area contributed by atoms with Gasteiger partial charge < -0.3 is 9.50 Å². The fourth-order valence-electron chi connectivity index (χ4n) is 2.82. The molecule has 1 aliphatic heterocycles. The molecule has 0 saturated carbocycles. The second kappa shape index (κ2) is 20.6. The van der Waals surface area contributed by atoms with Crippen LogP contribution >= 0.6 is 0 Å². The summed E-state index contributed by atoms with van der Waals surface area (Å²) in [6.45, 7) is 4.25. The van der Waals surface area contributed by atoms with Gasteiger partial charge in [-0.2, -0.15) is 8.42 Å². The van der Waals surface area contributed by atoms with Crippen LogP contribution < -0.4 is 5.32 Å². The van der Waals surface area contributed by atoms with Gasteiger partial charge in [-0.3, -0.25) is 4.99 Å². The Hall–Kier alpha value is -1.08. The molecule has 166 valence electrons. The van der Waals surface area contributed by atoms with Crippen molar-refractivity contribution in [3.05, 3.63) is 12.3 Å². The smallest absolute Gasteiger partial charge is 0.375 e. The van der Waals surface area contributed by atoms with Crippen LogP contribution in [0.4, 0.5) is 0 Å². The minimum absolute atomic E-state index is 0.844. The van der Waals surface area contributed by atoms with Crippen LogP contribution in [0.15, 0.2) is 17.3 Å². The molecule has 0 aromatic carbocycles. The van der Waals surface area contributed by atoms with Gasteiger partial charge in [-0.05, 0) is 18.9 Å². The van der Waals surface area contributed by atoms with Crippen molar-refractivity contribution in [3.63, 3.8) is 0 Å². The Labute approximate surface area is 173 Å². The van der Waals surface area contributed by atoms with Crippen LogP contribution in [0, 0.1) is 0 Å². The van der Waals surface area contributed by atoms with Gasteiger partial charge in [-0.15, -0.1) is 0 Å². The molecule has 0 unspecified atom stereocenters. The number of hydrogen-bond donors (Lipinski definition) is 1. The first-order valence-corrected chi connectivity index (χ1v) is 12.3. The van der Waals surface area contributed by atoms with Gasteiger partial charge in [0.1, 0.15) is 6.26 Å². The third kappa shape index (κ3) is 21.2. The molecule has 1 N–H and O–H groups in total. The minimum Gasteiger partial charge on any atom is -0.375 e. The Balaban J connectivity index is 0.00000125. The van der Waals surface area contributed by atoms with Crippen LogP contribution in [0.1, 0.15) is 96.8 Å². The number of nitrogens with one attached hydrogen (secondary N) is 1. The van der Waals surface area contributed by atoms with Gasteiger partial charge in [0.05, 0.1) is 20.0 Å². The molecule has 0 aromatic heterocycles. The van der Waals surface area contributed by atoms with E-state index in [4.69, 9.17) is 0 Å². The Morgan fingerprint density at radius 3 is 1.86 bits per heavy atom. The summed E-state index contributed by atoms with van der Waals surface area (Å²) in [5.41, 5.74) is 0. The summed E-state index contributed by atoms with van der Waals surface area (Å²) in [6.07, 6.45) is 22.8. The number of allylic oxidation sites excluding steroid dienone is 1. The quantitative estimate of drug-likeness (QED) is 0.249. The van der Waals surface area contributed by atoms with E-state index in [1.54, 1.807) is 12.4 Å². The van der Waals surface area contributed by atoms with E-state index in [9.17, 15) is 8.42 Å². The maximum Gasteiger partial charge on any atom is 0.448 e. The predicted octanol–water partition coefficient (Wildman–Crippen LogP) is 5.51. The molecule has 6 nitrogen and oxygen atoms in total. The third-order valence-electron chi connectivity index (χ3n) is 4.52. The van der Waals surface area contributed by atoms with E-state index in [2.05, 4.69) is 25.6 Å². The molecule has 0 amide bonds. The molecule has 0 aromatic rings. The van der Waals surface area contributed by atoms with Crippen molar-refractivity contribution in [2.24, 2.45) is 4.99 Å². The summed E-state index contributed by atoms with van der Waals surface area (Å²) in [5.74, 6) is 0. The van der Waals surface area contributed by atoms with Crippen molar-refractivity contribution in [2.75, 3.05) is 20.2 Å². The van der Waals surface area contributed by atoms with E-state index in [0.29, 0.717) is 0 Å². The van der Waals surface area contributed by atoms with Gasteiger partial charge in [-0.25, -0.2) is 4.18 Å². The van der Waals surface area contributed by atoms with Gasteiger partial charge in [0.2, 0.25) is 0 Å². The maximum atomic E-state index is 10.9. The van der Waals surface area contributed by atoms with Gasteiger partial charge in [0.15, 0.2) is 0 Å². The molecular formula is C21H42N2O4S. The van der Waals surface area contributed by atoms with Crippen LogP contribution in [0.5, 0.6) is 0 Å². The zero-order chi connectivity index (χ0) is 20.8. The van der Waals surface area contributed by atoms with Crippen LogP contribution in [-0.4, -0.2) is 35.0 Å². The van der Waals surface area contributed by atoms with Crippen LogP contribution in [0.2, 0.25) is 0 Å². The molecule has 28 heavy (non-hydrogen) atoms. The lowest BCUT2D eigenvalue weighted by Crippen LogP contribution is -2.04. The first-order chi connectivity index (χ1) is 13.6. The van der Waals surface area contributed by atoms with E-state index in [0.717, 1.165) is 33.0 Å². The normalized spacial score (nSPS) is 13.4. The van der Waals surface area contributed by atoms with E-state index in [1.807, 2.05) is 0 Å². The highest BCUT2D eigenvalue weighted by Crippen LogP contribution is 2.13. The summed E-state index contributed by atoms with van der Waals surface area (Å²) in [7, 11) is -2.75. The highest BCUT2D eigenvalue weighted by Gasteiger charge is 2.04. The average Bonchev–Trinajstić information content (AvgIpc) is 3.28. The lowest BCUT2D eigenvalue weighted by atomic mass is 10.0. The van der Waals surface area contributed by atoms with Crippen molar-refractivity contribution < 1.29 is 16.8 Å². The van der Waals surface area contributed by atoms with Crippen LogP contribution in [0.25, 0.3) is 0 Å². The first-order valence-electron chi connectivity index (χ1n) is 11.0. The van der Waals surface area contributed by atoms with E-state index < -0.39 is 10.4 Å². The van der Waals surface area contributed by atoms with Gasteiger partial charge in [0, 0.05) is 6.54 Å². The van der Waals surface area contributed by atoms with Crippen molar-refractivity contribution in [3.8, 4) is 0 Å². The lowest BCUT2D eigenvalue weighted by Gasteiger charge is -2.02. The van der Waals surface area contributed by atoms with E-state index in [-0.39, 0.29) is 0 Å². The summed E-state index contributed by atoms with van der Waals surface area (Å²) < 4.78 is 30.3. The number of hydrogen-bond acceptors (Lipinski definition) is 6. The highest BCUT2D eigenvalue weighted by atomic mass is 32.3. The van der Waals surface area contributed by atoms with Crippen LogP contribution in [-0.2, 0) is 18.8 Å². The van der Waals surface area contributed by atoms with E-state index >= 15 is 0 Å². The second-order valence-corrected chi connectivity index (χ2v) is 8.41. The summed E-state index contributed by atoms with van der Waals surface area (Å²) in [5, 5.41) is 2.93. The topological polar surface area (TPSA) is 77.0 Å². The summed E-state index contributed by atoms with van der Waals surface area (Å²) in [4.78, 5) is 3.85. The fraction of sp³-hybridized carbons (Fsp3) is 0.857. The molecule has 7 heteroatoms. The molecule has 0 atom stereocenters. The first kappa shape index (κ1) is 26.9. The summed E-state index contributed by atoms with van der Waals surface area (Å²) in [6, 6.07) is 0. The SMILES string of the molecule is C1=NCCN1.CCCCCCCCCCCCCCCC=COS(=O)(=O)OC. The highest BCUT2D eigenvalue weighted by molar-refractivity contribution is 7.81. The predicted molar refractivity (Wildman–Crippen MR) is 118 cm³/mol. The third-order valence-corrected chi connectivity index (χ3v) is 5.27. The second-order valence-electron chi connectivity index (χ2n) is 7.06. The number of nitrogens with zero attached hydrogens (tertiary/aromatic N) is 1. The van der Waals surface area contributed by atoms with Gasteiger partial charge in [-0.1, -0.05) is 84.0 Å². The lowest BCUT2D eigenvalue weighted by molar-refractivity contribution is 0.308. The van der Waals surface area contributed by atoms with Crippen molar-refractivity contribution in [1.29, 1.82) is 0 Å². The van der Waals surface area contributed by atoms with Crippen molar-refractivity contribution in [2.45, 2.75) is 96.8 Å². The van der Waals surface area contributed by atoms with Crippen molar-refractivity contribution in [1.82, 2.24) is 5.32 Å². The fourth-order valence-corrected chi connectivity index (χ4v) is 3.11. The zero-order valence-corrected chi connectivity index (χ0v) is 18.9. The molecule has 1 heterocycles. The largest absolute Gasteiger partial charge is 0.448 e. The molecule has 1 aliphatic rings. The monoisotopic (exact) mass is 418 g/mol. The molecular weight excluding hydrogens is 376 g/mol. The zero-order valence-electron chi connectivity index (χ0n) is 18.0. The molecule has 0 fully saturated rings. The average molecular weight is 419 g/mol. The Morgan fingerprint density at radius 2 is 1.46 bits per heavy atom. The number of unbranched alkanes of at least 4 members (excludes halogenated alkanes) is 13. The molecule has 0 spiro atoms. The maximum absolute atomic E-state index is 10.9. The Kier molecular flexibility index (Phi) is 19.9. The standard InChI is InChI=1S/C18H36O4S.C3H6N2/c1-3-4-5-6-7-8-9-10-11-12-13-14-15-16-17-18-22-23(19,20)21-2;1-2-5-3-4-1/h17-18H,3-16H2,1-2H3;3H,1-2H2,(H,4,5). The van der Waals surface area contributed by atoms with Crippen molar-refractivity contribution >= 4 is 16.7 Å². The van der Waals surface area contributed by atoms with Gasteiger partial charge >= 0.3 is 10.4 Å². The number of aliphatic imine (C=N–C) groups is 1. The van der Waals surface area contributed by atoms with E-state index in [1.165, 1.54) is 83.3 Å². The molecule has 0 aliphatic carbocycles. The van der Waals surface area contributed by atoms with Gasteiger partial charge in [0.25, 0.3) is 0 Å². The Bertz CT molecular complexity index is 473. The molecule has 1 rings (SSSR count). The number of rotatable bonds is 17. The minimum atomic E-state index is -3.83. The summed E-state index contributed by atoms with van der Waals surface area (Å²) >= 11 is 0. The van der Waals surface area contributed by atoms with Crippen LogP contribution in [0.3, 0.4) is 0 Å². The molecule has 0 radical (unpaired) electrons. The molecule has 0 saturated heterocycles. The molecule has 0 bridgehead atoms. The Morgan fingerprint density at radius 1 is 0.929 bits per heavy atom.